The fourth-order valence-electron chi connectivity index (χ4n) is 3.57. The molecule has 0 saturated carbocycles. The van der Waals surface area contributed by atoms with Crippen molar-refractivity contribution in [3.05, 3.63) is 89.5 Å². The van der Waals surface area contributed by atoms with Crippen LogP contribution in [0.15, 0.2) is 72.8 Å². The van der Waals surface area contributed by atoms with Gasteiger partial charge in [-0.1, -0.05) is 51.1 Å². The van der Waals surface area contributed by atoms with Crippen LogP contribution in [-0.4, -0.2) is 50.3 Å². The van der Waals surface area contributed by atoms with Crippen LogP contribution in [0.1, 0.15) is 42.3 Å². The standard InChI is InChI=1S/C31H41NO6Si/c1-31(2,3)39(4,5)38-28-16-14-27(15-17-28)37-22-25(33)20-32-19-18-23-10-12-26(13-11-23)36-21-24-8-6-7-9-29(24)30(34)35/h6-17,25,32-33H,18-22H2,1-5H3,(H,34,35). The third-order valence-corrected chi connectivity index (χ3v) is 11.3. The van der Waals surface area contributed by atoms with Crippen molar-refractivity contribution in [3.8, 4) is 17.2 Å². The van der Waals surface area contributed by atoms with Crippen LogP contribution in [0.3, 0.4) is 0 Å². The molecule has 0 bridgehead atoms. The molecule has 0 aliphatic rings. The van der Waals surface area contributed by atoms with E-state index in [9.17, 15) is 15.0 Å². The molecule has 0 saturated heterocycles. The van der Waals surface area contributed by atoms with Crippen LogP contribution in [-0.2, 0) is 13.0 Å². The molecule has 1 atom stereocenters. The number of rotatable bonds is 14. The number of hydrogen-bond acceptors (Lipinski definition) is 6. The van der Waals surface area contributed by atoms with Gasteiger partial charge < -0.3 is 29.4 Å². The van der Waals surface area contributed by atoms with Gasteiger partial charge in [-0.3, -0.25) is 0 Å². The highest BCUT2D eigenvalue weighted by molar-refractivity contribution is 6.74. The van der Waals surface area contributed by atoms with Crippen LogP contribution < -0.4 is 19.2 Å². The molecule has 0 aliphatic carbocycles. The molecule has 0 amide bonds. The number of ether oxygens (including phenoxy) is 2. The maximum absolute atomic E-state index is 11.3. The van der Waals surface area contributed by atoms with E-state index in [-0.39, 0.29) is 23.8 Å². The van der Waals surface area contributed by atoms with E-state index in [0.29, 0.717) is 30.2 Å². The molecule has 3 N–H and O–H groups in total. The minimum atomic E-state index is -1.88. The Bertz CT molecular complexity index is 1190. The van der Waals surface area contributed by atoms with Gasteiger partial charge in [-0.25, -0.2) is 4.79 Å². The number of aliphatic hydroxyl groups is 1. The first-order valence-corrected chi connectivity index (χ1v) is 16.2. The van der Waals surface area contributed by atoms with Crippen molar-refractivity contribution in [2.24, 2.45) is 0 Å². The van der Waals surface area contributed by atoms with Crippen molar-refractivity contribution in [1.29, 1.82) is 0 Å². The Labute approximate surface area is 232 Å². The van der Waals surface area contributed by atoms with Crippen molar-refractivity contribution in [2.75, 3.05) is 19.7 Å². The lowest BCUT2D eigenvalue weighted by Gasteiger charge is -2.36. The van der Waals surface area contributed by atoms with Crippen LogP contribution >= 0.6 is 0 Å². The van der Waals surface area contributed by atoms with Gasteiger partial charge >= 0.3 is 5.97 Å². The number of nitrogens with one attached hydrogen (secondary N) is 1. The summed E-state index contributed by atoms with van der Waals surface area (Å²) in [5.74, 6) is 1.26. The highest BCUT2D eigenvalue weighted by Gasteiger charge is 2.38. The van der Waals surface area contributed by atoms with E-state index in [4.69, 9.17) is 13.9 Å². The Morgan fingerprint density at radius 1 is 0.897 bits per heavy atom. The zero-order valence-electron chi connectivity index (χ0n) is 23.6. The van der Waals surface area contributed by atoms with E-state index in [0.717, 1.165) is 17.7 Å². The normalized spacial score (nSPS) is 12.6. The van der Waals surface area contributed by atoms with Gasteiger partial charge in [-0.2, -0.15) is 0 Å². The van der Waals surface area contributed by atoms with E-state index in [1.807, 2.05) is 48.5 Å². The maximum Gasteiger partial charge on any atom is 0.336 e. The summed E-state index contributed by atoms with van der Waals surface area (Å²) in [5.41, 5.74) is 2.01. The zero-order valence-corrected chi connectivity index (χ0v) is 24.6. The maximum atomic E-state index is 11.3. The van der Waals surface area contributed by atoms with Crippen molar-refractivity contribution in [1.82, 2.24) is 5.32 Å². The molecule has 0 heterocycles. The van der Waals surface area contributed by atoms with Gasteiger partial charge in [0.2, 0.25) is 8.32 Å². The molecule has 1 unspecified atom stereocenters. The molecule has 7 nitrogen and oxygen atoms in total. The highest BCUT2D eigenvalue weighted by atomic mass is 28.4. The molecular formula is C31H41NO6Si. The van der Waals surface area contributed by atoms with Crippen molar-refractivity contribution in [3.63, 3.8) is 0 Å². The second kappa shape index (κ2) is 13.6. The summed E-state index contributed by atoms with van der Waals surface area (Å²) in [4.78, 5) is 11.3. The average molecular weight is 552 g/mol. The van der Waals surface area contributed by atoms with Crippen LogP contribution in [0.4, 0.5) is 0 Å². The first-order valence-electron chi connectivity index (χ1n) is 13.3. The van der Waals surface area contributed by atoms with Crippen molar-refractivity contribution < 1.29 is 28.9 Å². The van der Waals surface area contributed by atoms with Gasteiger partial charge in [0.1, 0.15) is 36.6 Å². The minimum absolute atomic E-state index is 0.134. The van der Waals surface area contributed by atoms with E-state index in [1.54, 1.807) is 24.3 Å². The molecule has 0 aliphatic heterocycles. The summed E-state index contributed by atoms with van der Waals surface area (Å²) < 4.78 is 17.8. The molecule has 39 heavy (non-hydrogen) atoms. The predicted molar refractivity (Wildman–Crippen MR) is 157 cm³/mol. The molecule has 8 heteroatoms. The van der Waals surface area contributed by atoms with Crippen molar-refractivity contribution in [2.45, 2.75) is 58.0 Å². The Morgan fingerprint density at radius 2 is 1.49 bits per heavy atom. The van der Waals surface area contributed by atoms with Crippen LogP contribution in [0.2, 0.25) is 18.1 Å². The monoisotopic (exact) mass is 551 g/mol. The molecule has 3 aromatic rings. The number of aliphatic hydroxyl groups excluding tert-OH is 1. The van der Waals surface area contributed by atoms with Gasteiger partial charge in [-0.15, -0.1) is 0 Å². The molecule has 0 radical (unpaired) electrons. The SMILES string of the molecule is CC(C)(C)[Si](C)(C)Oc1ccc(OCC(O)CNCCc2ccc(OCc3ccccc3C(=O)O)cc2)cc1. The lowest BCUT2D eigenvalue weighted by molar-refractivity contribution is 0.0694. The quantitative estimate of drug-likeness (QED) is 0.169. The second-order valence-corrected chi connectivity index (χ2v) is 15.9. The van der Waals surface area contributed by atoms with E-state index in [2.05, 4.69) is 39.2 Å². The zero-order chi connectivity index (χ0) is 28.5. The van der Waals surface area contributed by atoms with Gasteiger partial charge in [-0.05, 0) is 79.1 Å². The van der Waals surface area contributed by atoms with Gasteiger partial charge in [0.25, 0.3) is 0 Å². The summed E-state index contributed by atoms with van der Waals surface area (Å²) >= 11 is 0. The number of benzene rings is 3. The van der Waals surface area contributed by atoms with Gasteiger partial charge in [0.15, 0.2) is 0 Å². The molecule has 210 valence electrons. The fraction of sp³-hybridized carbons (Fsp3) is 0.387. The summed E-state index contributed by atoms with van der Waals surface area (Å²) in [6.45, 7) is 12.6. The molecule has 0 fully saturated rings. The van der Waals surface area contributed by atoms with E-state index >= 15 is 0 Å². The van der Waals surface area contributed by atoms with E-state index < -0.39 is 20.4 Å². The first-order chi connectivity index (χ1) is 18.4. The first kappa shape index (κ1) is 30.2. The largest absolute Gasteiger partial charge is 0.543 e. The third-order valence-electron chi connectivity index (χ3n) is 6.98. The molecular weight excluding hydrogens is 510 g/mol. The second-order valence-electron chi connectivity index (χ2n) is 11.1. The Morgan fingerprint density at radius 3 is 2.13 bits per heavy atom. The van der Waals surface area contributed by atoms with Gasteiger partial charge in [0.05, 0.1) is 5.56 Å². The van der Waals surface area contributed by atoms with Crippen LogP contribution in [0.25, 0.3) is 0 Å². The smallest absolute Gasteiger partial charge is 0.336 e. The summed E-state index contributed by atoms with van der Waals surface area (Å²) in [7, 11) is -1.88. The number of carboxylic acid groups (broad SMARTS) is 1. The number of aromatic carboxylic acids is 1. The predicted octanol–water partition coefficient (Wildman–Crippen LogP) is 5.92. The lowest BCUT2D eigenvalue weighted by Crippen LogP contribution is -2.43. The minimum Gasteiger partial charge on any atom is -0.543 e. The summed E-state index contributed by atoms with van der Waals surface area (Å²) in [5, 5.41) is 23.0. The fourth-order valence-corrected chi connectivity index (χ4v) is 4.60. The van der Waals surface area contributed by atoms with Gasteiger partial charge in [0, 0.05) is 12.1 Å². The van der Waals surface area contributed by atoms with Crippen LogP contribution in [0, 0.1) is 0 Å². The lowest BCUT2D eigenvalue weighted by atomic mass is 10.1. The Kier molecular flexibility index (Phi) is 10.6. The average Bonchev–Trinajstić information content (AvgIpc) is 2.89. The molecule has 3 rings (SSSR count). The highest BCUT2D eigenvalue weighted by Crippen LogP contribution is 2.37. The topological polar surface area (TPSA) is 97.3 Å². The summed E-state index contributed by atoms with van der Waals surface area (Å²) in [6, 6.07) is 22.2. The Hall–Kier alpha value is -3.33. The van der Waals surface area contributed by atoms with Crippen molar-refractivity contribution >= 4 is 14.3 Å². The van der Waals surface area contributed by atoms with Crippen LogP contribution in [0.5, 0.6) is 17.2 Å². The number of carboxylic acids is 1. The number of hydrogen-bond donors (Lipinski definition) is 3. The van der Waals surface area contributed by atoms with E-state index in [1.165, 1.54) is 0 Å². The molecule has 3 aromatic carbocycles. The molecule has 0 aromatic heterocycles. The summed E-state index contributed by atoms with van der Waals surface area (Å²) in [6.07, 6.45) is 0.170. The molecule has 0 spiro atoms. The Balaban J connectivity index is 1.34. The number of carbonyl (C=O) groups is 1. The third kappa shape index (κ3) is 9.42.